The highest BCUT2D eigenvalue weighted by Crippen LogP contribution is 1.88. The van der Waals surface area contributed by atoms with Gasteiger partial charge in [-0.1, -0.05) is 19.9 Å². The highest BCUT2D eigenvalue weighted by molar-refractivity contribution is 5.81. The highest BCUT2D eigenvalue weighted by Gasteiger charge is 2.01. The SMILES string of the molecule is C=CC(=O)OCCNC(=O)OCCOCCCC. The summed E-state index contributed by atoms with van der Waals surface area (Å²) in [6.07, 6.45) is 2.58. The molecule has 18 heavy (non-hydrogen) atoms. The van der Waals surface area contributed by atoms with E-state index in [-0.39, 0.29) is 19.8 Å². The predicted octanol–water partition coefficient (Wildman–Crippen LogP) is 1.26. The van der Waals surface area contributed by atoms with Crippen LogP contribution >= 0.6 is 0 Å². The smallest absolute Gasteiger partial charge is 0.407 e. The molecule has 104 valence electrons. The van der Waals surface area contributed by atoms with Crippen molar-refractivity contribution in [1.82, 2.24) is 5.32 Å². The number of rotatable bonds is 10. The van der Waals surface area contributed by atoms with E-state index in [4.69, 9.17) is 9.47 Å². The Morgan fingerprint density at radius 2 is 1.94 bits per heavy atom. The summed E-state index contributed by atoms with van der Waals surface area (Å²) in [5.74, 6) is -0.519. The van der Waals surface area contributed by atoms with Gasteiger partial charge in [-0.05, 0) is 6.42 Å². The number of unbranched alkanes of at least 4 members (excludes halogenated alkanes) is 1. The molecule has 0 fully saturated rings. The zero-order chi connectivity index (χ0) is 13.6. The van der Waals surface area contributed by atoms with E-state index in [1.54, 1.807) is 0 Å². The van der Waals surface area contributed by atoms with Crippen LogP contribution in [0.15, 0.2) is 12.7 Å². The molecule has 0 rings (SSSR count). The van der Waals surface area contributed by atoms with Gasteiger partial charge in [0, 0.05) is 12.7 Å². The lowest BCUT2D eigenvalue weighted by molar-refractivity contribution is -0.137. The van der Waals surface area contributed by atoms with E-state index in [1.165, 1.54) is 0 Å². The average Bonchev–Trinajstić information content (AvgIpc) is 2.38. The molecule has 0 unspecified atom stereocenters. The topological polar surface area (TPSA) is 73.9 Å². The Bertz CT molecular complexity index is 255. The van der Waals surface area contributed by atoms with Gasteiger partial charge in [0.1, 0.15) is 13.2 Å². The maximum absolute atomic E-state index is 11.1. The number of hydrogen-bond donors (Lipinski definition) is 1. The first-order valence-corrected chi connectivity index (χ1v) is 5.98. The van der Waals surface area contributed by atoms with E-state index >= 15 is 0 Å². The third-order valence-corrected chi connectivity index (χ3v) is 1.89. The minimum Gasteiger partial charge on any atom is -0.461 e. The summed E-state index contributed by atoms with van der Waals surface area (Å²) in [7, 11) is 0. The van der Waals surface area contributed by atoms with Gasteiger partial charge < -0.3 is 19.5 Å². The predicted molar refractivity (Wildman–Crippen MR) is 66.2 cm³/mol. The molecule has 0 bridgehead atoms. The van der Waals surface area contributed by atoms with Crippen LogP contribution in [0.3, 0.4) is 0 Å². The fourth-order valence-corrected chi connectivity index (χ4v) is 0.956. The van der Waals surface area contributed by atoms with Gasteiger partial charge in [0.2, 0.25) is 0 Å². The highest BCUT2D eigenvalue weighted by atomic mass is 16.6. The summed E-state index contributed by atoms with van der Waals surface area (Å²) in [6, 6.07) is 0. The molecule has 0 aliphatic rings. The Balaban J connectivity index is 3.27. The number of amides is 1. The second kappa shape index (κ2) is 11.9. The van der Waals surface area contributed by atoms with Crippen LogP contribution < -0.4 is 5.32 Å². The van der Waals surface area contributed by atoms with Crippen molar-refractivity contribution >= 4 is 12.1 Å². The number of hydrogen-bond acceptors (Lipinski definition) is 5. The van der Waals surface area contributed by atoms with Crippen LogP contribution in [0, 0.1) is 0 Å². The summed E-state index contributed by atoms with van der Waals surface area (Å²) in [6.45, 7) is 6.89. The van der Waals surface area contributed by atoms with Crippen molar-refractivity contribution in [3.63, 3.8) is 0 Å². The second-order valence-electron chi connectivity index (χ2n) is 3.40. The van der Waals surface area contributed by atoms with Gasteiger partial charge in [-0.15, -0.1) is 0 Å². The van der Waals surface area contributed by atoms with Crippen molar-refractivity contribution < 1.29 is 23.8 Å². The number of nitrogens with one attached hydrogen (secondary N) is 1. The van der Waals surface area contributed by atoms with Crippen molar-refractivity contribution in [2.24, 2.45) is 0 Å². The van der Waals surface area contributed by atoms with E-state index in [9.17, 15) is 9.59 Å². The van der Waals surface area contributed by atoms with Gasteiger partial charge in [-0.3, -0.25) is 0 Å². The van der Waals surface area contributed by atoms with Crippen LogP contribution in [0.1, 0.15) is 19.8 Å². The minimum atomic E-state index is -0.552. The van der Waals surface area contributed by atoms with E-state index in [0.29, 0.717) is 13.2 Å². The first-order chi connectivity index (χ1) is 8.70. The molecule has 0 radical (unpaired) electrons. The van der Waals surface area contributed by atoms with Crippen LogP contribution in [-0.4, -0.2) is 45.0 Å². The Morgan fingerprint density at radius 3 is 2.61 bits per heavy atom. The maximum atomic E-state index is 11.1. The van der Waals surface area contributed by atoms with Gasteiger partial charge >= 0.3 is 12.1 Å². The molecule has 6 nitrogen and oxygen atoms in total. The molecule has 0 aliphatic heterocycles. The van der Waals surface area contributed by atoms with E-state index < -0.39 is 12.1 Å². The average molecular weight is 259 g/mol. The van der Waals surface area contributed by atoms with Crippen LogP contribution in [-0.2, 0) is 19.0 Å². The molecule has 0 saturated carbocycles. The molecule has 0 spiro atoms. The van der Waals surface area contributed by atoms with Crippen molar-refractivity contribution in [2.75, 3.05) is 33.0 Å². The Kier molecular flexibility index (Phi) is 10.9. The first-order valence-electron chi connectivity index (χ1n) is 5.98. The normalized spacial score (nSPS) is 9.61. The van der Waals surface area contributed by atoms with Crippen LogP contribution in [0.2, 0.25) is 0 Å². The maximum Gasteiger partial charge on any atom is 0.407 e. The zero-order valence-electron chi connectivity index (χ0n) is 10.8. The molecule has 0 atom stereocenters. The van der Waals surface area contributed by atoms with Gasteiger partial charge in [-0.2, -0.15) is 0 Å². The molecule has 0 saturated heterocycles. The lowest BCUT2D eigenvalue weighted by Gasteiger charge is -2.07. The third-order valence-electron chi connectivity index (χ3n) is 1.89. The molecule has 0 aromatic heterocycles. The Morgan fingerprint density at radius 1 is 1.17 bits per heavy atom. The quantitative estimate of drug-likeness (QED) is 0.363. The Labute approximate surface area is 107 Å². The van der Waals surface area contributed by atoms with E-state index in [2.05, 4.69) is 23.6 Å². The number of carbonyl (C=O) groups excluding carboxylic acids is 2. The fourth-order valence-electron chi connectivity index (χ4n) is 0.956. The lowest BCUT2D eigenvalue weighted by atomic mass is 10.4. The third kappa shape index (κ3) is 10.9. The van der Waals surface area contributed by atoms with Crippen molar-refractivity contribution in [3.05, 3.63) is 12.7 Å². The minimum absolute atomic E-state index is 0.0902. The summed E-state index contributed by atoms with van der Waals surface area (Å²) < 4.78 is 14.7. The summed E-state index contributed by atoms with van der Waals surface area (Å²) in [5.41, 5.74) is 0. The largest absolute Gasteiger partial charge is 0.461 e. The van der Waals surface area contributed by atoms with Crippen molar-refractivity contribution in [2.45, 2.75) is 19.8 Å². The molecular weight excluding hydrogens is 238 g/mol. The monoisotopic (exact) mass is 259 g/mol. The molecule has 0 aliphatic carbocycles. The first kappa shape index (κ1) is 16.4. The number of carbonyl (C=O) groups is 2. The molecule has 1 amide bonds. The Hall–Kier alpha value is -1.56. The summed E-state index contributed by atoms with van der Waals surface area (Å²) in [4.78, 5) is 21.7. The van der Waals surface area contributed by atoms with Gasteiger partial charge in [-0.25, -0.2) is 9.59 Å². The second-order valence-corrected chi connectivity index (χ2v) is 3.40. The van der Waals surface area contributed by atoms with Crippen LogP contribution in [0.4, 0.5) is 4.79 Å². The number of ether oxygens (including phenoxy) is 3. The van der Waals surface area contributed by atoms with Crippen LogP contribution in [0.25, 0.3) is 0 Å². The van der Waals surface area contributed by atoms with Crippen molar-refractivity contribution in [3.8, 4) is 0 Å². The van der Waals surface area contributed by atoms with Gasteiger partial charge in [0.25, 0.3) is 0 Å². The number of esters is 1. The molecular formula is C12H21NO5. The van der Waals surface area contributed by atoms with Gasteiger partial charge in [0.05, 0.1) is 13.2 Å². The summed E-state index contributed by atoms with van der Waals surface area (Å²) in [5, 5.41) is 2.44. The fraction of sp³-hybridized carbons (Fsp3) is 0.667. The zero-order valence-corrected chi connectivity index (χ0v) is 10.8. The number of alkyl carbamates (subject to hydrolysis) is 1. The van der Waals surface area contributed by atoms with E-state index in [0.717, 1.165) is 18.9 Å². The van der Waals surface area contributed by atoms with Gasteiger partial charge in [0.15, 0.2) is 0 Å². The van der Waals surface area contributed by atoms with Crippen LogP contribution in [0.5, 0.6) is 0 Å². The summed E-state index contributed by atoms with van der Waals surface area (Å²) >= 11 is 0. The standard InChI is InChI=1S/C12H21NO5/c1-3-5-7-16-9-10-18-12(15)13-6-8-17-11(14)4-2/h4H,2-3,5-10H2,1H3,(H,13,15). The lowest BCUT2D eigenvalue weighted by Crippen LogP contribution is -2.29. The molecule has 1 N–H and O–H groups in total. The molecule has 0 aromatic carbocycles. The molecule has 0 heterocycles. The molecule has 6 heteroatoms. The molecule has 0 aromatic rings. The van der Waals surface area contributed by atoms with E-state index in [1.807, 2.05) is 0 Å². The van der Waals surface area contributed by atoms with Crippen molar-refractivity contribution in [1.29, 1.82) is 0 Å².